The fourth-order valence-electron chi connectivity index (χ4n) is 7.66. The lowest BCUT2D eigenvalue weighted by atomic mass is 9.85. The molecule has 6 aromatic carbocycles. The first kappa shape index (κ1) is 27.4. The summed E-state index contributed by atoms with van der Waals surface area (Å²) in [5.41, 5.74) is 14.6. The van der Waals surface area contributed by atoms with Gasteiger partial charge in [-0.05, 0) is 82.0 Å². The molecule has 1 nitrogen and oxygen atoms in total. The predicted octanol–water partition coefficient (Wildman–Crippen LogP) is 11.2. The number of fused-ring (bicyclic) bond motifs is 5. The largest absolute Gasteiger partial charge is 0.312 e. The Balaban J connectivity index is 1.23. The molecule has 8 rings (SSSR count). The monoisotopic (exact) mass is 579 g/mol. The number of nitrogens with zero attached hydrogens (tertiary/aromatic N) is 1. The van der Waals surface area contributed by atoms with Crippen LogP contribution in [0.15, 0.2) is 158 Å². The normalized spacial score (nSPS) is 13.8. The van der Waals surface area contributed by atoms with E-state index < -0.39 is 0 Å². The van der Waals surface area contributed by atoms with Gasteiger partial charge in [-0.1, -0.05) is 147 Å². The number of hydrogen-bond acceptors (Lipinski definition) is 0. The van der Waals surface area contributed by atoms with Crippen molar-refractivity contribution < 1.29 is 0 Å². The molecule has 0 fully saturated rings. The van der Waals surface area contributed by atoms with E-state index in [1.54, 1.807) is 0 Å². The molecule has 1 heterocycles. The fourth-order valence-corrected chi connectivity index (χ4v) is 7.66. The third-order valence-corrected chi connectivity index (χ3v) is 9.78. The Bertz CT molecular complexity index is 2120. The van der Waals surface area contributed by atoms with Gasteiger partial charge in [-0.2, -0.15) is 0 Å². The van der Waals surface area contributed by atoms with Crippen LogP contribution in [-0.2, 0) is 18.3 Å². The maximum atomic E-state index is 2.51. The average Bonchev–Trinajstić information content (AvgIpc) is 3.56. The van der Waals surface area contributed by atoms with Crippen LogP contribution in [0.2, 0.25) is 0 Å². The van der Waals surface area contributed by atoms with Crippen molar-refractivity contribution in [3.63, 3.8) is 0 Å². The molecular weight excluding hydrogens is 542 g/mol. The van der Waals surface area contributed by atoms with E-state index in [4.69, 9.17) is 0 Å². The van der Waals surface area contributed by atoms with E-state index in [1.165, 1.54) is 66.8 Å². The van der Waals surface area contributed by atoms with E-state index in [2.05, 4.69) is 176 Å². The molecule has 1 aliphatic carbocycles. The summed E-state index contributed by atoms with van der Waals surface area (Å²) in [5.74, 6) is 0.364. The second-order valence-electron chi connectivity index (χ2n) is 13.0. The van der Waals surface area contributed by atoms with Gasteiger partial charge in [-0.25, -0.2) is 0 Å². The zero-order chi connectivity index (χ0) is 30.4. The molecule has 0 aliphatic heterocycles. The van der Waals surface area contributed by atoms with E-state index in [0.717, 1.165) is 12.8 Å². The van der Waals surface area contributed by atoms with Crippen LogP contribution in [0.4, 0.5) is 0 Å². The van der Waals surface area contributed by atoms with Gasteiger partial charge in [0, 0.05) is 27.7 Å². The van der Waals surface area contributed by atoms with E-state index in [0.29, 0.717) is 5.92 Å². The van der Waals surface area contributed by atoms with Gasteiger partial charge in [0.1, 0.15) is 0 Å². The number of benzene rings is 6. The van der Waals surface area contributed by atoms with Gasteiger partial charge in [-0.3, -0.25) is 0 Å². The van der Waals surface area contributed by atoms with Crippen molar-refractivity contribution in [2.45, 2.75) is 38.0 Å². The molecule has 1 atom stereocenters. The van der Waals surface area contributed by atoms with Gasteiger partial charge in [-0.15, -0.1) is 0 Å². The zero-order valence-corrected chi connectivity index (χ0v) is 25.9. The zero-order valence-electron chi connectivity index (χ0n) is 25.9. The van der Waals surface area contributed by atoms with Crippen molar-refractivity contribution in [3.8, 4) is 27.9 Å². The number of hydrogen-bond donors (Lipinski definition) is 0. The van der Waals surface area contributed by atoms with E-state index in [-0.39, 0.29) is 5.41 Å². The first-order valence-corrected chi connectivity index (χ1v) is 16.1. The summed E-state index contributed by atoms with van der Waals surface area (Å²) < 4.78 is 2.51. The molecule has 0 radical (unpaired) electrons. The van der Waals surface area contributed by atoms with Crippen molar-refractivity contribution in [2.75, 3.05) is 0 Å². The number of aromatic nitrogens is 1. The van der Waals surface area contributed by atoms with Gasteiger partial charge in [0.2, 0.25) is 0 Å². The summed E-state index contributed by atoms with van der Waals surface area (Å²) in [6.45, 7) is 4.76. The van der Waals surface area contributed by atoms with Gasteiger partial charge >= 0.3 is 0 Å². The van der Waals surface area contributed by atoms with E-state index in [9.17, 15) is 0 Å². The molecule has 218 valence electrons. The quantitative estimate of drug-likeness (QED) is 0.177. The van der Waals surface area contributed by atoms with Crippen molar-refractivity contribution in [2.24, 2.45) is 0 Å². The summed E-state index contributed by atoms with van der Waals surface area (Å²) in [6, 6.07) is 58.0. The van der Waals surface area contributed by atoms with Crippen molar-refractivity contribution in [3.05, 3.63) is 186 Å². The first-order chi connectivity index (χ1) is 22.1. The van der Waals surface area contributed by atoms with Gasteiger partial charge in [0.05, 0.1) is 5.52 Å². The van der Waals surface area contributed by atoms with Gasteiger partial charge in [0.25, 0.3) is 0 Å². The minimum atomic E-state index is -0.0999. The average molecular weight is 580 g/mol. The highest BCUT2D eigenvalue weighted by Gasteiger charge is 2.40. The third kappa shape index (κ3) is 4.80. The first-order valence-electron chi connectivity index (χ1n) is 16.1. The van der Waals surface area contributed by atoms with Crippen molar-refractivity contribution >= 4 is 10.9 Å². The maximum Gasteiger partial charge on any atom is 0.0538 e. The molecule has 1 unspecified atom stereocenters. The molecule has 0 N–H and O–H groups in total. The molecule has 0 saturated carbocycles. The van der Waals surface area contributed by atoms with E-state index in [1.807, 2.05) is 0 Å². The Morgan fingerprint density at radius 3 is 1.93 bits per heavy atom. The van der Waals surface area contributed by atoms with Crippen LogP contribution < -0.4 is 0 Å². The second-order valence-corrected chi connectivity index (χ2v) is 13.0. The lowest BCUT2D eigenvalue weighted by molar-refractivity contribution is 0.624. The van der Waals surface area contributed by atoms with Crippen LogP contribution in [0.5, 0.6) is 0 Å². The lowest BCUT2D eigenvalue weighted by Crippen LogP contribution is -2.19. The van der Waals surface area contributed by atoms with Crippen LogP contribution >= 0.6 is 0 Å². The number of rotatable bonds is 7. The second kappa shape index (κ2) is 11.1. The molecule has 0 spiro atoms. The SMILES string of the molecule is CC1(C)c2ccccc2-c2c1n(-c1ccccc1)c1ccc(CC(Cc3cccc(-c4ccccc4)c3)c3ccccc3)cc21. The van der Waals surface area contributed by atoms with E-state index >= 15 is 0 Å². The molecule has 0 saturated heterocycles. The smallest absolute Gasteiger partial charge is 0.0538 e. The van der Waals surface area contributed by atoms with Crippen LogP contribution in [0.1, 0.15) is 47.7 Å². The van der Waals surface area contributed by atoms with Gasteiger partial charge < -0.3 is 4.57 Å². The van der Waals surface area contributed by atoms with Crippen LogP contribution in [-0.4, -0.2) is 4.57 Å². The van der Waals surface area contributed by atoms with Crippen molar-refractivity contribution in [1.29, 1.82) is 0 Å². The Hall–Kier alpha value is -5.14. The Morgan fingerprint density at radius 1 is 0.556 bits per heavy atom. The minimum absolute atomic E-state index is 0.0999. The molecule has 1 aliphatic rings. The Kier molecular flexibility index (Phi) is 6.76. The summed E-state index contributed by atoms with van der Waals surface area (Å²) in [4.78, 5) is 0. The van der Waals surface area contributed by atoms with Crippen LogP contribution in [0.25, 0.3) is 38.8 Å². The minimum Gasteiger partial charge on any atom is -0.312 e. The summed E-state index contributed by atoms with van der Waals surface area (Å²) in [5, 5.41) is 1.35. The summed E-state index contributed by atoms with van der Waals surface area (Å²) in [6.07, 6.45) is 1.97. The highest BCUT2D eigenvalue weighted by atomic mass is 15.0. The highest BCUT2D eigenvalue weighted by Crippen LogP contribution is 2.53. The topological polar surface area (TPSA) is 4.93 Å². The maximum absolute atomic E-state index is 2.51. The predicted molar refractivity (Wildman–Crippen MR) is 189 cm³/mol. The third-order valence-electron chi connectivity index (χ3n) is 9.78. The van der Waals surface area contributed by atoms with Crippen LogP contribution in [0, 0.1) is 0 Å². The molecule has 45 heavy (non-hydrogen) atoms. The molecule has 1 heteroatoms. The Morgan fingerprint density at radius 2 is 1.18 bits per heavy atom. The van der Waals surface area contributed by atoms with Gasteiger partial charge in [0.15, 0.2) is 0 Å². The number of para-hydroxylation sites is 1. The molecule has 1 aromatic heterocycles. The fraction of sp³-hybridized carbons (Fsp3) is 0.136. The molecule has 0 bridgehead atoms. The molecular formula is C44H37N. The van der Waals surface area contributed by atoms with Crippen molar-refractivity contribution in [1.82, 2.24) is 4.57 Å². The standard InChI is InChI=1S/C44H37N/c1-44(2)40-24-13-12-23-38(40)42-39-30-32(25-26-41(39)45(43(42)44)37-21-10-5-11-22-37)29-36(34-18-8-4-9-19-34)28-31-15-14-20-35(27-31)33-16-6-3-7-17-33/h3-27,30,36H,28-29H2,1-2H3. The molecule has 0 amide bonds. The summed E-state index contributed by atoms with van der Waals surface area (Å²) in [7, 11) is 0. The lowest BCUT2D eigenvalue weighted by Gasteiger charge is -2.24. The highest BCUT2D eigenvalue weighted by molar-refractivity contribution is 6.03. The molecule has 7 aromatic rings. The Labute approximate surface area is 266 Å². The van der Waals surface area contributed by atoms with Crippen LogP contribution in [0.3, 0.4) is 0 Å². The summed E-state index contributed by atoms with van der Waals surface area (Å²) >= 11 is 0.